The van der Waals surface area contributed by atoms with E-state index in [2.05, 4.69) is 40.9 Å². The van der Waals surface area contributed by atoms with Gasteiger partial charge in [-0.05, 0) is 75.5 Å². The number of ether oxygens (including phenoxy) is 1. The third kappa shape index (κ3) is 2.71. The predicted molar refractivity (Wildman–Crippen MR) is 111 cm³/mol. The fourth-order valence-electron chi connectivity index (χ4n) is 6.68. The molecule has 4 nitrogen and oxygen atoms in total. The van der Waals surface area contributed by atoms with Crippen molar-refractivity contribution in [3.8, 4) is 5.75 Å². The molecular formula is C23H35N3O. The van der Waals surface area contributed by atoms with Gasteiger partial charge in [-0.1, -0.05) is 12.8 Å². The van der Waals surface area contributed by atoms with Crippen LogP contribution in [0.2, 0.25) is 0 Å². The van der Waals surface area contributed by atoms with E-state index in [0.29, 0.717) is 5.41 Å². The molecule has 2 heterocycles. The number of hydrogen-bond donors (Lipinski definition) is 0. The Bertz CT molecular complexity index is 712. The second kappa shape index (κ2) is 6.66. The van der Waals surface area contributed by atoms with Gasteiger partial charge in [-0.25, -0.2) is 0 Å². The van der Waals surface area contributed by atoms with E-state index in [4.69, 9.17) is 4.74 Å². The minimum absolute atomic E-state index is 0.414. The van der Waals surface area contributed by atoms with Crippen molar-refractivity contribution >= 4 is 5.69 Å². The molecule has 0 aromatic heterocycles. The van der Waals surface area contributed by atoms with Gasteiger partial charge in [-0.15, -0.1) is 0 Å². The number of benzene rings is 1. The molecule has 4 heteroatoms. The monoisotopic (exact) mass is 369 g/mol. The molecular weight excluding hydrogens is 334 g/mol. The number of piperazine rings is 1. The van der Waals surface area contributed by atoms with Crippen molar-refractivity contribution in [3.05, 3.63) is 23.3 Å². The maximum absolute atomic E-state index is 5.96. The molecule has 0 spiro atoms. The number of piperidine rings is 1. The van der Waals surface area contributed by atoms with Crippen LogP contribution in [-0.2, 0) is 11.8 Å². The summed E-state index contributed by atoms with van der Waals surface area (Å²) in [6.45, 7) is 5.73. The lowest BCUT2D eigenvalue weighted by molar-refractivity contribution is 0.00275. The number of fused-ring (bicyclic) bond motifs is 1. The van der Waals surface area contributed by atoms with E-state index in [9.17, 15) is 0 Å². The Hall–Kier alpha value is -1.26. The molecule has 3 atom stereocenters. The van der Waals surface area contributed by atoms with E-state index in [-0.39, 0.29) is 0 Å². The summed E-state index contributed by atoms with van der Waals surface area (Å²) in [5.41, 5.74) is 5.00. The number of rotatable bonds is 2. The van der Waals surface area contributed by atoms with E-state index in [1.165, 1.54) is 50.8 Å². The molecule has 1 aromatic rings. The summed E-state index contributed by atoms with van der Waals surface area (Å²) < 4.78 is 5.96. The van der Waals surface area contributed by atoms with E-state index in [1.807, 2.05) is 7.11 Å². The smallest absolute Gasteiger partial charge is 0.142 e. The molecule has 2 saturated heterocycles. The normalized spacial score (nSPS) is 34.1. The van der Waals surface area contributed by atoms with Gasteiger partial charge in [0.1, 0.15) is 5.75 Å². The number of hydrogen-bond acceptors (Lipinski definition) is 4. The lowest BCUT2D eigenvalue weighted by Crippen LogP contribution is -2.59. The van der Waals surface area contributed by atoms with Crippen LogP contribution in [0.1, 0.15) is 43.2 Å². The third-order valence-electron chi connectivity index (χ3n) is 8.25. The number of likely N-dealkylation sites (N-methyl/N-ethyl adjacent to an activating group) is 2. The largest absolute Gasteiger partial charge is 0.495 e. The van der Waals surface area contributed by atoms with Gasteiger partial charge in [0, 0.05) is 37.6 Å². The first-order valence-electron chi connectivity index (χ1n) is 11.0. The van der Waals surface area contributed by atoms with Crippen molar-refractivity contribution in [2.45, 2.75) is 50.0 Å². The third-order valence-corrected chi connectivity index (χ3v) is 8.25. The van der Waals surface area contributed by atoms with Crippen LogP contribution in [0.15, 0.2) is 12.1 Å². The van der Waals surface area contributed by atoms with Crippen LogP contribution in [0.5, 0.6) is 5.75 Å². The first kappa shape index (κ1) is 17.8. The molecule has 1 saturated carbocycles. The molecule has 148 valence electrons. The van der Waals surface area contributed by atoms with Gasteiger partial charge in [-0.3, -0.25) is 0 Å². The van der Waals surface area contributed by atoms with Crippen molar-refractivity contribution in [3.63, 3.8) is 0 Å². The van der Waals surface area contributed by atoms with E-state index < -0.39 is 0 Å². The Balaban J connectivity index is 1.59. The summed E-state index contributed by atoms with van der Waals surface area (Å²) in [6.07, 6.45) is 8.16. The second-order valence-corrected chi connectivity index (χ2v) is 9.48. The Morgan fingerprint density at radius 1 is 1.00 bits per heavy atom. The molecule has 0 radical (unpaired) electrons. The molecule has 0 amide bonds. The highest BCUT2D eigenvalue weighted by atomic mass is 16.5. The van der Waals surface area contributed by atoms with Crippen LogP contribution in [0.4, 0.5) is 5.69 Å². The van der Waals surface area contributed by atoms with Crippen LogP contribution >= 0.6 is 0 Å². The van der Waals surface area contributed by atoms with Crippen molar-refractivity contribution < 1.29 is 4.74 Å². The molecule has 2 aliphatic carbocycles. The predicted octanol–water partition coefficient (Wildman–Crippen LogP) is 3.14. The van der Waals surface area contributed by atoms with Crippen LogP contribution in [0, 0.1) is 5.92 Å². The molecule has 0 unspecified atom stereocenters. The number of methoxy groups -OCH3 is 1. The van der Waals surface area contributed by atoms with E-state index >= 15 is 0 Å². The number of nitrogens with zero attached hydrogens (tertiary/aromatic N) is 3. The van der Waals surface area contributed by atoms with Gasteiger partial charge in [0.25, 0.3) is 0 Å². The highest BCUT2D eigenvalue weighted by molar-refractivity contribution is 5.64. The van der Waals surface area contributed by atoms with E-state index in [1.54, 1.807) is 11.1 Å². The van der Waals surface area contributed by atoms with Crippen LogP contribution in [0.25, 0.3) is 0 Å². The highest BCUT2D eigenvalue weighted by Crippen LogP contribution is 2.56. The van der Waals surface area contributed by atoms with Crippen molar-refractivity contribution in [1.82, 2.24) is 9.80 Å². The standard InChI is InChI=1S/C23H35N3O/c1-24-10-12-26(13-11-24)21-15-17-14-20-18-6-4-5-7-23(18,8-9-25(20)2)19(17)16-22(21)27-3/h15-16,18,20H,4-14H2,1-3H3/t18-,20+,23+/m1/s1. The first-order chi connectivity index (χ1) is 13.1. The first-order valence-corrected chi connectivity index (χ1v) is 11.0. The van der Waals surface area contributed by atoms with Gasteiger partial charge in [0.15, 0.2) is 0 Å². The lowest BCUT2D eigenvalue weighted by atomic mass is 9.52. The summed E-state index contributed by atoms with van der Waals surface area (Å²) >= 11 is 0. The van der Waals surface area contributed by atoms with Gasteiger partial charge in [0.2, 0.25) is 0 Å². The fraction of sp³-hybridized carbons (Fsp3) is 0.739. The summed E-state index contributed by atoms with van der Waals surface area (Å²) in [5, 5.41) is 0. The number of anilines is 1. The van der Waals surface area contributed by atoms with Crippen molar-refractivity contribution in [2.24, 2.45) is 5.92 Å². The zero-order valence-electron chi connectivity index (χ0n) is 17.3. The SMILES string of the molecule is COc1cc2c(cc1N1CCN(C)CC1)C[C@H]1[C@H]3CCCC[C@@]23CCN1C. The van der Waals surface area contributed by atoms with Gasteiger partial charge < -0.3 is 19.4 Å². The van der Waals surface area contributed by atoms with Crippen LogP contribution in [-0.4, -0.2) is 69.8 Å². The molecule has 4 aliphatic rings. The lowest BCUT2D eigenvalue weighted by Gasteiger charge is -2.58. The minimum atomic E-state index is 0.414. The maximum atomic E-state index is 5.96. The second-order valence-electron chi connectivity index (χ2n) is 9.48. The van der Waals surface area contributed by atoms with E-state index in [0.717, 1.165) is 43.9 Å². The quantitative estimate of drug-likeness (QED) is 0.797. The summed E-state index contributed by atoms with van der Waals surface area (Å²) in [5.74, 6) is 1.95. The zero-order chi connectivity index (χ0) is 18.6. The van der Waals surface area contributed by atoms with Gasteiger partial charge in [0.05, 0.1) is 12.8 Å². The van der Waals surface area contributed by atoms with Crippen LogP contribution in [0.3, 0.4) is 0 Å². The molecule has 5 rings (SSSR count). The molecule has 27 heavy (non-hydrogen) atoms. The molecule has 3 fully saturated rings. The van der Waals surface area contributed by atoms with Crippen LogP contribution < -0.4 is 9.64 Å². The fourth-order valence-corrected chi connectivity index (χ4v) is 6.68. The summed E-state index contributed by atoms with van der Waals surface area (Å²) in [7, 11) is 6.44. The van der Waals surface area contributed by atoms with Gasteiger partial charge in [-0.2, -0.15) is 0 Å². The highest BCUT2D eigenvalue weighted by Gasteiger charge is 2.53. The average molecular weight is 370 g/mol. The molecule has 2 aliphatic heterocycles. The van der Waals surface area contributed by atoms with Crippen molar-refractivity contribution in [1.29, 1.82) is 0 Å². The Labute approximate surface area is 164 Å². The Morgan fingerprint density at radius 2 is 1.81 bits per heavy atom. The molecule has 1 aromatic carbocycles. The molecule has 2 bridgehead atoms. The maximum Gasteiger partial charge on any atom is 0.142 e. The Kier molecular flexibility index (Phi) is 4.40. The van der Waals surface area contributed by atoms with Crippen molar-refractivity contribution in [2.75, 3.05) is 58.8 Å². The average Bonchev–Trinajstić information content (AvgIpc) is 2.70. The molecule has 0 N–H and O–H groups in total. The topological polar surface area (TPSA) is 19.0 Å². The van der Waals surface area contributed by atoms with Gasteiger partial charge >= 0.3 is 0 Å². The summed E-state index contributed by atoms with van der Waals surface area (Å²) in [6, 6.07) is 5.71. The zero-order valence-corrected chi connectivity index (χ0v) is 17.3. The Morgan fingerprint density at radius 3 is 2.59 bits per heavy atom. The minimum Gasteiger partial charge on any atom is -0.495 e. The summed E-state index contributed by atoms with van der Waals surface area (Å²) in [4.78, 5) is 7.63. The number of likely N-dealkylation sites (tertiary alicyclic amines) is 1.